The average Bonchev–Trinajstić information content (AvgIpc) is 2.46. The number of carboxylic acids is 1. The number of amides is 2. The van der Waals surface area contributed by atoms with Gasteiger partial charge in [-0.2, -0.15) is 0 Å². The Morgan fingerprint density at radius 1 is 1.29 bits per heavy atom. The van der Waals surface area contributed by atoms with Gasteiger partial charge in [-0.25, -0.2) is 4.79 Å². The molecule has 1 unspecified atom stereocenters. The Morgan fingerprint density at radius 2 is 1.90 bits per heavy atom. The van der Waals surface area contributed by atoms with Crippen LogP contribution in [0.4, 0.5) is 0 Å². The number of nitrogens with zero attached hydrogens (tertiary/aromatic N) is 1. The molecule has 0 aliphatic carbocycles. The van der Waals surface area contributed by atoms with Gasteiger partial charge in [-0.3, -0.25) is 9.59 Å². The minimum Gasteiger partial charge on any atom is -0.479 e. The van der Waals surface area contributed by atoms with Gasteiger partial charge in [0.1, 0.15) is 0 Å². The Labute approximate surface area is 122 Å². The quantitative estimate of drug-likeness (QED) is 0.782. The molecule has 0 aliphatic heterocycles. The predicted molar refractivity (Wildman–Crippen MR) is 75.2 cm³/mol. The van der Waals surface area contributed by atoms with E-state index in [1.165, 1.54) is 18.1 Å². The van der Waals surface area contributed by atoms with Crippen molar-refractivity contribution in [3.63, 3.8) is 0 Å². The predicted octanol–water partition coefficient (Wildman–Crippen LogP) is 0.218. The van der Waals surface area contributed by atoms with Crippen LogP contribution in [-0.2, 0) is 9.53 Å². The number of carboxylic acid groups (broad SMARTS) is 1. The van der Waals surface area contributed by atoms with Crippen LogP contribution in [0.1, 0.15) is 20.7 Å². The fourth-order valence-corrected chi connectivity index (χ4v) is 1.61. The van der Waals surface area contributed by atoms with E-state index < -0.39 is 18.0 Å². The summed E-state index contributed by atoms with van der Waals surface area (Å²) in [5, 5.41) is 11.3. The summed E-state index contributed by atoms with van der Waals surface area (Å²) in [5.74, 6) is -1.84. The van der Waals surface area contributed by atoms with E-state index in [0.717, 1.165) is 0 Å². The highest BCUT2D eigenvalue weighted by atomic mass is 16.5. The van der Waals surface area contributed by atoms with Gasteiger partial charge in [0.25, 0.3) is 11.8 Å². The number of hydrogen-bond acceptors (Lipinski definition) is 4. The summed E-state index contributed by atoms with van der Waals surface area (Å²) in [6, 6.07) is 6.20. The first kappa shape index (κ1) is 16.6. The van der Waals surface area contributed by atoms with Crippen LogP contribution >= 0.6 is 0 Å². The molecule has 2 amide bonds. The number of carbonyl (C=O) groups excluding carboxylic acids is 2. The van der Waals surface area contributed by atoms with Gasteiger partial charge in [0.15, 0.2) is 6.10 Å². The van der Waals surface area contributed by atoms with Crippen LogP contribution in [0.2, 0.25) is 0 Å². The molecule has 0 spiro atoms. The summed E-state index contributed by atoms with van der Waals surface area (Å²) in [5.41, 5.74) is 0.664. The highest BCUT2D eigenvalue weighted by Crippen LogP contribution is 2.07. The molecular formula is C14H18N2O5. The highest BCUT2D eigenvalue weighted by molar-refractivity contribution is 5.99. The van der Waals surface area contributed by atoms with Crippen molar-refractivity contribution in [3.8, 4) is 0 Å². The molecule has 114 valence electrons. The van der Waals surface area contributed by atoms with Crippen LogP contribution in [0.15, 0.2) is 24.3 Å². The van der Waals surface area contributed by atoms with Crippen LogP contribution < -0.4 is 5.32 Å². The maximum atomic E-state index is 11.9. The number of methoxy groups -OCH3 is 1. The van der Waals surface area contributed by atoms with Crippen LogP contribution in [0.5, 0.6) is 0 Å². The van der Waals surface area contributed by atoms with E-state index in [-0.39, 0.29) is 18.0 Å². The zero-order chi connectivity index (χ0) is 16.0. The summed E-state index contributed by atoms with van der Waals surface area (Å²) in [6.45, 7) is -0.156. The lowest BCUT2D eigenvalue weighted by molar-refractivity contribution is -0.148. The summed E-state index contributed by atoms with van der Waals surface area (Å²) >= 11 is 0. The zero-order valence-corrected chi connectivity index (χ0v) is 12.1. The number of hydrogen-bond donors (Lipinski definition) is 2. The number of benzene rings is 1. The normalized spacial score (nSPS) is 11.6. The topological polar surface area (TPSA) is 95.9 Å². The van der Waals surface area contributed by atoms with Crippen molar-refractivity contribution < 1.29 is 24.2 Å². The lowest BCUT2D eigenvalue weighted by atomic mass is 10.1. The van der Waals surface area contributed by atoms with E-state index >= 15 is 0 Å². The molecule has 21 heavy (non-hydrogen) atoms. The first-order valence-corrected chi connectivity index (χ1v) is 6.22. The molecule has 1 atom stereocenters. The maximum Gasteiger partial charge on any atom is 0.334 e. The molecule has 0 bridgehead atoms. The molecule has 0 aliphatic rings. The summed E-state index contributed by atoms with van der Waals surface area (Å²) in [4.78, 5) is 35.9. The molecule has 0 saturated heterocycles. The number of nitrogens with one attached hydrogen (secondary N) is 1. The van der Waals surface area contributed by atoms with Gasteiger partial charge >= 0.3 is 5.97 Å². The molecule has 7 nitrogen and oxygen atoms in total. The molecule has 1 rings (SSSR count). The van der Waals surface area contributed by atoms with Crippen LogP contribution in [0, 0.1) is 0 Å². The van der Waals surface area contributed by atoms with Crippen molar-refractivity contribution in [1.82, 2.24) is 10.2 Å². The lowest BCUT2D eigenvalue weighted by Gasteiger charge is -2.13. The molecule has 7 heteroatoms. The summed E-state index contributed by atoms with van der Waals surface area (Å²) < 4.78 is 4.72. The Morgan fingerprint density at radius 3 is 2.43 bits per heavy atom. The number of rotatable bonds is 6. The van der Waals surface area contributed by atoms with E-state index in [4.69, 9.17) is 9.84 Å². The molecule has 1 aromatic rings. The molecule has 0 heterocycles. The Bertz CT molecular complexity index is 542. The van der Waals surface area contributed by atoms with Gasteiger partial charge in [-0.15, -0.1) is 0 Å². The first-order chi connectivity index (χ1) is 9.86. The van der Waals surface area contributed by atoms with Gasteiger partial charge in [0.2, 0.25) is 0 Å². The van der Waals surface area contributed by atoms with Crippen molar-refractivity contribution in [1.29, 1.82) is 0 Å². The standard InChI is InChI=1S/C14H18N2O5/c1-16(2)13(18)10-6-4-5-9(7-10)12(17)15-8-11(21-3)14(19)20/h4-7,11H,8H2,1-3H3,(H,15,17)(H,19,20). The van der Waals surface area contributed by atoms with Crippen molar-refractivity contribution in [2.45, 2.75) is 6.10 Å². The van der Waals surface area contributed by atoms with E-state index in [1.807, 2.05) is 0 Å². The molecule has 0 aromatic heterocycles. The fraction of sp³-hybridized carbons (Fsp3) is 0.357. The lowest BCUT2D eigenvalue weighted by Crippen LogP contribution is -2.37. The van der Waals surface area contributed by atoms with Gasteiger partial charge in [-0.1, -0.05) is 6.07 Å². The maximum absolute atomic E-state index is 11.9. The van der Waals surface area contributed by atoms with Crippen LogP contribution in [0.3, 0.4) is 0 Å². The average molecular weight is 294 g/mol. The molecular weight excluding hydrogens is 276 g/mol. The number of carbonyl (C=O) groups is 3. The second-order valence-electron chi connectivity index (χ2n) is 4.55. The smallest absolute Gasteiger partial charge is 0.334 e. The third-order valence-corrected chi connectivity index (χ3v) is 2.79. The van der Waals surface area contributed by atoms with Crippen molar-refractivity contribution in [3.05, 3.63) is 35.4 Å². The SMILES string of the molecule is COC(CNC(=O)c1cccc(C(=O)N(C)C)c1)C(=O)O. The zero-order valence-electron chi connectivity index (χ0n) is 12.1. The summed E-state index contributed by atoms with van der Waals surface area (Å²) in [6.07, 6.45) is -1.11. The molecule has 0 radical (unpaired) electrons. The second kappa shape index (κ2) is 7.39. The number of ether oxygens (including phenoxy) is 1. The minimum atomic E-state index is -1.16. The molecule has 1 aromatic carbocycles. The Hall–Kier alpha value is -2.41. The van der Waals surface area contributed by atoms with Gasteiger partial charge in [-0.05, 0) is 18.2 Å². The van der Waals surface area contributed by atoms with Gasteiger partial charge in [0.05, 0.1) is 6.54 Å². The van der Waals surface area contributed by atoms with E-state index in [2.05, 4.69) is 5.32 Å². The third kappa shape index (κ3) is 4.57. The fourth-order valence-electron chi connectivity index (χ4n) is 1.61. The largest absolute Gasteiger partial charge is 0.479 e. The second-order valence-corrected chi connectivity index (χ2v) is 4.55. The Kier molecular flexibility index (Phi) is 5.86. The van der Waals surface area contributed by atoms with Crippen LogP contribution in [0.25, 0.3) is 0 Å². The summed E-state index contributed by atoms with van der Waals surface area (Å²) in [7, 11) is 4.48. The highest BCUT2D eigenvalue weighted by Gasteiger charge is 2.18. The van der Waals surface area contributed by atoms with Gasteiger partial charge < -0.3 is 20.1 Å². The van der Waals surface area contributed by atoms with Crippen molar-refractivity contribution in [2.75, 3.05) is 27.7 Å². The first-order valence-electron chi connectivity index (χ1n) is 6.22. The van der Waals surface area contributed by atoms with E-state index in [9.17, 15) is 14.4 Å². The monoisotopic (exact) mass is 294 g/mol. The number of aliphatic carboxylic acids is 1. The third-order valence-electron chi connectivity index (χ3n) is 2.79. The Balaban J connectivity index is 2.77. The molecule has 0 saturated carbocycles. The van der Waals surface area contributed by atoms with E-state index in [1.54, 1.807) is 32.3 Å². The molecule has 0 fully saturated rings. The van der Waals surface area contributed by atoms with Crippen molar-refractivity contribution >= 4 is 17.8 Å². The van der Waals surface area contributed by atoms with Gasteiger partial charge in [0, 0.05) is 32.3 Å². The van der Waals surface area contributed by atoms with Crippen molar-refractivity contribution in [2.24, 2.45) is 0 Å². The van der Waals surface area contributed by atoms with E-state index in [0.29, 0.717) is 5.56 Å². The molecule has 2 N–H and O–H groups in total. The minimum absolute atomic E-state index is 0.156. The van der Waals surface area contributed by atoms with Crippen LogP contribution in [-0.4, -0.2) is 61.6 Å².